The maximum atomic E-state index is 12.0. The van der Waals surface area contributed by atoms with Crippen LogP contribution in [0, 0.1) is 5.41 Å². The summed E-state index contributed by atoms with van der Waals surface area (Å²) < 4.78 is 0. The predicted molar refractivity (Wildman–Crippen MR) is 83.0 cm³/mol. The molecular formula is C16H34N2O. The number of hydrogen-bond acceptors (Lipinski definition) is 2. The average molecular weight is 270 g/mol. The van der Waals surface area contributed by atoms with E-state index < -0.39 is 0 Å². The molecule has 0 aliphatic carbocycles. The summed E-state index contributed by atoms with van der Waals surface area (Å²) in [5, 5.41) is 3.15. The number of unbranched alkanes of at least 4 members (excludes halogenated alkanes) is 1. The number of carbonyl (C=O) groups excluding carboxylic acids is 1. The summed E-state index contributed by atoms with van der Waals surface area (Å²) in [6.07, 6.45) is 6.96. The predicted octanol–water partition coefficient (Wildman–Crippen LogP) is 3.62. The van der Waals surface area contributed by atoms with Crippen LogP contribution in [-0.2, 0) is 4.79 Å². The van der Waals surface area contributed by atoms with E-state index >= 15 is 0 Å². The third-order valence-electron chi connectivity index (χ3n) is 3.23. The second-order valence-electron chi connectivity index (χ2n) is 6.92. The molecule has 0 aromatic carbocycles. The lowest BCUT2D eigenvalue weighted by molar-refractivity contribution is -0.122. The monoisotopic (exact) mass is 270 g/mol. The van der Waals surface area contributed by atoms with Crippen molar-refractivity contribution in [1.29, 1.82) is 0 Å². The van der Waals surface area contributed by atoms with E-state index in [9.17, 15) is 4.79 Å². The van der Waals surface area contributed by atoms with Crippen molar-refractivity contribution in [3.8, 4) is 0 Å². The van der Waals surface area contributed by atoms with Gasteiger partial charge in [-0.15, -0.1) is 0 Å². The van der Waals surface area contributed by atoms with Gasteiger partial charge in [-0.1, -0.05) is 53.9 Å². The molecule has 2 unspecified atom stereocenters. The maximum Gasteiger partial charge on any atom is 0.221 e. The van der Waals surface area contributed by atoms with E-state index in [1.165, 1.54) is 12.8 Å². The Balaban J connectivity index is 4.10. The van der Waals surface area contributed by atoms with Gasteiger partial charge in [-0.2, -0.15) is 0 Å². The molecule has 0 spiro atoms. The first-order valence-corrected chi connectivity index (χ1v) is 7.83. The van der Waals surface area contributed by atoms with Crippen molar-refractivity contribution in [2.45, 2.75) is 91.6 Å². The van der Waals surface area contributed by atoms with E-state index in [2.05, 4.69) is 39.9 Å². The number of nitrogens with one attached hydrogen (secondary N) is 1. The van der Waals surface area contributed by atoms with Gasteiger partial charge < -0.3 is 11.1 Å². The molecule has 0 rings (SSSR count). The highest BCUT2D eigenvalue weighted by Crippen LogP contribution is 2.21. The van der Waals surface area contributed by atoms with E-state index in [1.807, 2.05) is 0 Å². The molecule has 0 aliphatic heterocycles. The Morgan fingerprint density at radius 3 is 2.26 bits per heavy atom. The summed E-state index contributed by atoms with van der Waals surface area (Å²) in [6, 6.07) is 0.299. The van der Waals surface area contributed by atoms with E-state index in [4.69, 9.17) is 5.73 Å². The second-order valence-corrected chi connectivity index (χ2v) is 6.92. The maximum absolute atomic E-state index is 12.0. The van der Waals surface area contributed by atoms with Crippen LogP contribution >= 0.6 is 0 Å². The highest BCUT2D eigenvalue weighted by atomic mass is 16.1. The summed E-state index contributed by atoms with van der Waals surface area (Å²) in [5.41, 5.74) is 6.23. The Labute approximate surface area is 119 Å². The smallest absolute Gasteiger partial charge is 0.221 e. The number of carbonyl (C=O) groups is 1. The second kappa shape index (κ2) is 9.35. The molecule has 0 aliphatic rings. The number of rotatable bonds is 9. The average Bonchev–Trinajstić information content (AvgIpc) is 2.23. The first kappa shape index (κ1) is 18.4. The quantitative estimate of drug-likeness (QED) is 0.672. The van der Waals surface area contributed by atoms with Crippen LogP contribution in [0.1, 0.15) is 79.6 Å². The van der Waals surface area contributed by atoms with Gasteiger partial charge in [-0.3, -0.25) is 4.79 Å². The number of hydrogen-bond donors (Lipinski definition) is 2. The van der Waals surface area contributed by atoms with Crippen LogP contribution in [0.25, 0.3) is 0 Å². The third kappa shape index (κ3) is 11.0. The van der Waals surface area contributed by atoms with Gasteiger partial charge in [0, 0.05) is 18.5 Å². The molecule has 3 heteroatoms. The zero-order valence-corrected chi connectivity index (χ0v) is 13.6. The molecule has 0 heterocycles. The minimum Gasteiger partial charge on any atom is -0.353 e. The molecule has 19 heavy (non-hydrogen) atoms. The van der Waals surface area contributed by atoms with Gasteiger partial charge in [0.2, 0.25) is 5.91 Å². The van der Waals surface area contributed by atoms with Crippen LogP contribution in [0.5, 0.6) is 0 Å². The van der Waals surface area contributed by atoms with Gasteiger partial charge in [0.1, 0.15) is 0 Å². The van der Waals surface area contributed by atoms with Crippen LogP contribution in [0.2, 0.25) is 0 Å². The molecule has 0 aromatic heterocycles. The Kier molecular flexibility index (Phi) is 9.07. The van der Waals surface area contributed by atoms with Gasteiger partial charge in [0.25, 0.3) is 0 Å². The van der Waals surface area contributed by atoms with Crippen molar-refractivity contribution in [3.05, 3.63) is 0 Å². The molecule has 2 atom stereocenters. The number of amides is 1. The summed E-state index contributed by atoms with van der Waals surface area (Å²) >= 11 is 0. The van der Waals surface area contributed by atoms with Crippen molar-refractivity contribution >= 4 is 5.91 Å². The molecule has 1 amide bonds. The van der Waals surface area contributed by atoms with Crippen LogP contribution in [-0.4, -0.2) is 18.0 Å². The highest BCUT2D eigenvalue weighted by Gasteiger charge is 2.19. The first-order valence-electron chi connectivity index (χ1n) is 7.83. The minimum absolute atomic E-state index is 0.0338. The fraction of sp³-hybridized carbons (Fsp3) is 0.938. The van der Waals surface area contributed by atoms with Crippen LogP contribution in [0.3, 0.4) is 0 Å². The van der Waals surface area contributed by atoms with E-state index in [0.29, 0.717) is 12.5 Å². The standard InChI is InChI=1S/C16H34N2O/c1-6-8-10-14(9-7-2)18-15(19)11-13(17)12-16(3,4)5/h13-14H,6-12,17H2,1-5H3,(H,18,19). The topological polar surface area (TPSA) is 55.1 Å². The van der Waals surface area contributed by atoms with Gasteiger partial charge in [-0.25, -0.2) is 0 Å². The summed E-state index contributed by atoms with van der Waals surface area (Å²) in [4.78, 5) is 12.0. The van der Waals surface area contributed by atoms with Crippen molar-refractivity contribution in [2.75, 3.05) is 0 Å². The molecule has 0 bridgehead atoms. The largest absolute Gasteiger partial charge is 0.353 e. The fourth-order valence-corrected chi connectivity index (χ4v) is 2.47. The Bertz CT molecular complexity index is 246. The molecule has 3 N–H and O–H groups in total. The molecule has 0 radical (unpaired) electrons. The Morgan fingerprint density at radius 1 is 1.16 bits per heavy atom. The van der Waals surface area contributed by atoms with Crippen molar-refractivity contribution in [3.63, 3.8) is 0 Å². The Morgan fingerprint density at radius 2 is 1.79 bits per heavy atom. The molecule has 0 saturated heterocycles. The third-order valence-corrected chi connectivity index (χ3v) is 3.23. The summed E-state index contributed by atoms with van der Waals surface area (Å²) in [6.45, 7) is 10.8. The van der Waals surface area contributed by atoms with E-state index in [-0.39, 0.29) is 17.4 Å². The highest BCUT2D eigenvalue weighted by molar-refractivity contribution is 5.76. The van der Waals surface area contributed by atoms with Crippen LogP contribution in [0.15, 0.2) is 0 Å². The molecule has 0 aromatic rings. The van der Waals surface area contributed by atoms with Crippen molar-refractivity contribution in [1.82, 2.24) is 5.32 Å². The lowest BCUT2D eigenvalue weighted by atomic mass is 9.87. The lowest BCUT2D eigenvalue weighted by Gasteiger charge is -2.24. The molecule has 0 saturated carbocycles. The van der Waals surface area contributed by atoms with Gasteiger partial charge in [0.15, 0.2) is 0 Å². The van der Waals surface area contributed by atoms with E-state index in [0.717, 1.165) is 25.7 Å². The van der Waals surface area contributed by atoms with Crippen LogP contribution < -0.4 is 11.1 Å². The molecule has 0 fully saturated rings. The zero-order chi connectivity index (χ0) is 14.9. The zero-order valence-electron chi connectivity index (χ0n) is 13.6. The number of nitrogens with two attached hydrogens (primary N) is 1. The van der Waals surface area contributed by atoms with E-state index in [1.54, 1.807) is 0 Å². The van der Waals surface area contributed by atoms with Gasteiger partial charge in [0.05, 0.1) is 0 Å². The SMILES string of the molecule is CCCCC(CCC)NC(=O)CC(N)CC(C)(C)C. The fourth-order valence-electron chi connectivity index (χ4n) is 2.47. The molecule has 114 valence electrons. The summed E-state index contributed by atoms with van der Waals surface area (Å²) in [5.74, 6) is 0.117. The van der Waals surface area contributed by atoms with Gasteiger partial charge >= 0.3 is 0 Å². The van der Waals surface area contributed by atoms with Crippen molar-refractivity contribution in [2.24, 2.45) is 11.1 Å². The normalized spacial score (nSPS) is 15.1. The Hall–Kier alpha value is -0.570. The summed E-state index contributed by atoms with van der Waals surface area (Å²) in [7, 11) is 0. The molecular weight excluding hydrogens is 236 g/mol. The van der Waals surface area contributed by atoms with Crippen molar-refractivity contribution < 1.29 is 4.79 Å². The lowest BCUT2D eigenvalue weighted by Crippen LogP contribution is -2.39. The first-order chi connectivity index (χ1) is 8.78. The minimum atomic E-state index is -0.0338. The van der Waals surface area contributed by atoms with Crippen LogP contribution in [0.4, 0.5) is 0 Å². The van der Waals surface area contributed by atoms with Gasteiger partial charge in [-0.05, 0) is 24.7 Å². The molecule has 3 nitrogen and oxygen atoms in total.